The van der Waals surface area contributed by atoms with Gasteiger partial charge in [-0.2, -0.15) is 0 Å². The van der Waals surface area contributed by atoms with Crippen molar-refractivity contribution in [3.8, 4) is 0 Å². The highest BCUT2D eigenvalue weighted by molar-refractivity contribution is 9.10. The van der Waals surface area contributed by atoms with Gasteiger partial charge in [0.15, 0.2) is 0 Å². The van der Waals surface area contributed by atoms with Gasteiger partial charge in [-0.05, 0) is 53.8 Å². The minimum Gasteiger partial charge on any atom is -0.352 e. The van der Waals surface area contributed by atoms with E-state index in [0.29, 0.717) is 28.8 Å². The lowest BCUT2D eigenvalue weighted by molar-refractivity contribution is -0.139. The van der Waals surface area contributed by atoms with Crippen molar-refractivity contribution in [2.75, 3.05) is 5.75 Å². The van der Waals surface area contributed by atoms with Crippen molar-refractivity contribution < 1.29 is 9.59 Å². The van der Waals surface area contributed by atoms with Crippen molar-refractivity contribution in [1.29, 1.82) is 0 Å². The van der Waals surface area contributed by atoms with E-state index in [1.807, 2.05) is 60.7 Å². The van der Waals surface area contributed by atoms with E-state index in [0.717, 1.165) is 46.8 Å². The number of thioether (sulfide) groups is 1. The van der Waals surface area contributed by atoms with Crippen molar-refractivity contribution in [3.63, 3.8) is 0 Å². The molecule has 1 fully saturated rings. The van der Waals surface area contributed by atoms with E-state index in [-0.39, 0.29) is 23.6 Å². The highest BCUT2D eigenvalue weighted by Crippen LogP contribution is 2.29. The second-order valence-electron chi connectivity index (χ2n) is 9.89. The Hall–Kier alpha value is -1.99. The van der Waals surface area contributed by atoms with Crippen LogP contribution in [0.1, 0.15) is 48.8 Å². The number of hydrogen-bond acceptors (Lipinski definition) is 3. The first-order valence-corrected chi connectivity index (χ1v) is 16.0. The molecule has 0 radical (unpaired) electrons. The van der Waals surface area contributed by atoms with Gasteiger partial charge in [-0.15, -0.1) is 11.8 Å². The Morgan fingerprint density at radius 2 is 1.59 bits per heavy atom. The SMILES string of the molecule is O=C(NC1CCCCC1)[C@@H](Cc1ccccc1)N(Cc1cccc(Br)c1)C(=O)CSCc1c(Cl)cccc1Cl. The van der Waals surface area contributed by atoms with E-state index < -0.39 is 6.04 Å². The molecule has 1 aliphatic rings. The summed E-state index contributed by atoms with van der Waals surface area (Å²) in [5.41, 5.74) is 2.79. The van der Waals surface area contributed by atoms with Gasteiger partial charge in [-0.25, -0.2) is 0 Å². The largest absolute Gasteiger partial charge is 0.352 e. The van der Waals surface area contributed by atoms with E-state index in [4.69, 9.17) is 23.2 Å². The van der Waals surface area contributed by atoms with Crippen LogP contribution in [0.5, 0.6) is 0 Å². The highest BCUT2D eigenvalue weighted by atomic mass is 79.9. The minimum absolute atomic E-state index is 0.0896. The van der Waals surface area contributed by atoms with Crippen molar-refractivity contribution in [1.82, 2.24) is 10.2 Å². The first kappa shape index (κ1) is 30.0. The fourth-order valence-electron chi connectivity index (χ4n) is 4.92. The van der Waals surface area contributed by atoms with Crippen LogP contribution >= 0.6 is 50.9 Å². The fourth-order valence-corrected chi connectivity index (χ4v) is 7.02. The Kier molecular flexibility index (Phi) is 11.6. The first-order chi connectivity index (χ1) is 18.9. The van der Waals surface area contributed by atoms with Crippen LogP contribution in [0.3, 0.4) is 0 Å². The van der Waals surface area contributed by atoms with Gasteiger partial charge in [-0.3, -0.25) is 9.59 Å². The average molecular weight is 648 g/mol. The summed E-state index contributed by atoms with van der Waals surface area (Å²) in [5.74, 6) is 0.528. The number of rotatable bonds is 11. The van der Waals surface area contributed by atoms with Gasteiger partial charge in [0.05, 0.1) is 5.75 Å². The minimum atomic E-state index is -0.634. The number of halogens is 3. The van der Waals surface area contributed by atoms with Gasteiger partial charge >= 0.3 is 0 Å². The number of hydrogen-bond donors (Lipinski definition) is 1. The molecule has 39 heavy (non-hydrogen) atoms. The average Bonchev–Trinajstić information content (AvgIpc) is 2.93. The lowest BCUT2D eigenvalue weighted by Crippen LogP contribution is -2.53. The number of amides is 2. The van der Waals surface area contributed by atoms with Gasteiger partial charge in [0.25, 0.3) is 0 Å². The van der Waals surface area contributed by atoms with Gasteiger partial charge in [0.2, 0.25) is 11.8 Å². The molecule has 0 aliphatic heterocycles. The molecule has 0 bridgehead atoms. The van der Waals surface area contributed by atoms with E-state index in [1.165, 1.54) is 18.2 Å². The molecule has 0 heterocycles. The van der Waals surface area contributed by atoms with Crippen LogP contribution in [-0.4, -0.2) is 34.6 Å². The number of carbonyl (C=O) groups is 2. The van der Waals surface area contributed by atoms with Crippen molar-refractivity contribution in [2.45, 2.75) is 62.9 Å². The lowest BCUT2D eigenvalue weighted by Gasteiger charge is -2.33. The molecule has 4 rings (SSSR count). The summed E-state index contributed by atoms with van der Waals surface area (Å²) in [5, 5.41) is 4.46. The number of carbonyl (C=O) groups excluding carboxylic acids is 2. The van der Waals surface area contributed by atoms with Crippen LogP contribution in [0.15, 0.2) is 77.3 Å². The molecule has 0 saturated heterocycles. The van der Waals surface area contributed by atoms with Crippen LogP contribution in [0.25, 0.3) is 0 Å². The summed E-state index contributed by atoms with van der Waals surface area (Å²) < 4.78 is 0.932. The van der Waals surface area contributed by atoms with E-state index >= 15 is 0 Å². The molecule has 206 valence electrons. The molecule has 1 saturated carbocycles. The normalized spacial score (nSPS) is 14.5. The van der Waals surface area contributed by atoms with Crippen molar-refractivity contribution >= 4 is 62.7 Å². The van der Waals surface area contributed by atoms with Gasteiger partial charge in [0, 0.05) is 39.3 Å². The van der Waals surface area contributed by atoms with E-state index in [9.17, 15) is 9.59 Å². The summed E-state index contributed by atoms with van der Waals surface area (Å²) in [7, 11) is 0. The third-order valence-corrected chi connectivity index (χ3v) is 9.14. The molecule has 1 N–H and O–H groups in total. The molecule has 1 atom stereocenters. The zero-order valence-electron chi connectivity index (χ0n) is 21.8. The summed E-state index contributed by atoms with van der Waals surface area (Å²) >= 11 is 17.7. The highest BCUT2D eigenvalue weighted by Gasteiger charge is 2.32. The molecular weight excluding hydrogens is 615 g/mol. The standard InChI is InChI=1S/C31H33BrCl2N2O2S/c32-24-12-7-11-23(17-24)19-36(30(37)21-39-20-26-27(33)15-8-16-28(26)34)29(18-22-9-3-1-4-10-22)31(38)35-25-13-5-2-6-14-25/h1,3-4,7-12,15-17,25,29H,2,5-6,13-14,18-21H2,(H,35,38)/t29-/m1/s1. The third kappa shape index (κ3) is 9.01. The Bertz CT molecular complexity index is 1230. The fraction of sp³-hybridized carbons (Fsp3) is 0.355. The molecule has 8 heteroatoms. The van der Waals surface area contributed by atoms with E-state index in [2.05, 4.69) is 21.2 Å². The molecule has 3 aromatic carbocycles. The Morgan fingerprint density at radius 3 is 2.28 bits per heavy atom. The molecule has 2 amide bonds. The quantitative estimate of drug-likeness (QED) is 0.229. The predicted octanol–water partition coefficient (Wildman–Crippen LogP) is 8.08. The monoisotopic (exact) mass is 646 g/mol. The lowest BCUT2D eigenvalue weighted by atomic mass is 9.94. The Morgan fingerprint density at radius 1 is 0.923 bits per heavy atom. The molecule has 1 aliphatic carbocycles. The smallest absolute Gasteiger partial charge is 0.243 e. The van der Waals surface area contributed by atoms with Crippen LogP contribution in [-0.2, 0) is 28.3 Å². The zero-order chi connectivity index (χ0) is 27.6. The molecule has 4 nitrogen and oxygen atoms in total. The van der Waals surface area contributed by atoms with Crippen LogP contribution < -0.4 is 5.32 Å². The summed E-state index contributed by atoms with van der Waals surface area (Å²) in [6.07, 6.45) is 5.86. The Labute approximate surface area is 254 Å². The third-order valence-electron chi connectivity index (χ3n) is 7.00. The van der Waals surface area contributed by atoms with Gasteiger partial charge in [-0.1, -0.05) is 107 Å². The maximum absolute atomic E-state index is 13.9. The van der Waals surface area contributed by atoms with Crippen molar-refractivity contribution in [2.24, 2.45) is 0 Å². The Balaban J connectivity index is 1.58. The molecular formula is C31H33BrCl2N2O2S. The summed E-state index contributed by atoms with van der Waals surface area (Å²) in [4.78, 5) is 29.5. The second-order valence-corrected chi connectivity index (χ2v) is 12.6. The molecule has 3 aromatic rings. The van der Waals surface area contributed by atoms with Crippen molar-refractivity contribution in [3.05, 3.63) is 104 Å². The molecule has 0 aromatic heterocycles. The first-order valence-electron chi connectivity index (χ1n) is 13.3. The summed E-state index contributed by atoms with van der Waals surface area (Å²) in [6.45, 7) is 0.335. The topological polar surface area (TPSA) is 49.4 Å². The maximum Gasteiger partial charge on any atom is 0.243 e. The van der Waals surface area contributed by atoms with Crippen LogP contribution in [0, 0.1) is 0 Å². The zero-order valence-corrected chi connectivity index (χ0v) is 25.7. The van der Waals surface area contributed by atoms with Crippen LogP contribution in [0.4, 0.5) is 0 Å². The van der Waals surface area contributed by atoms with Gasteiger partial charge < -0.3 is 10.2 Å². The molecule has 0 unspecified atom stereocenters. The van der Waals surface area contributed by atoms with E-state index in [1.54, 1.807) is 17.0 Å². The van der Waals surface area contributed by atoms with Crippen LogP contribution in [0.2, 0.25) is 10.0 Å². The number of nitrogens with one attached hydrogen (secondary N) is 1. The summed E-state index contributed by atoms with van der Waals surface area (Å²) in [6, 6.07) is 22.7. The van der Waals surface area contributed by atoms with Gasteiger partial charge in [0.1, 0.15) is 6.04 Å². The predicted molar refractivity (Wildman–Crippen MR) is 166 cm³/mol. The maximum atomic E-state index is 13.9. The molecule has 0 spiro atoms. The number of benzene rings is 3. The second kappa shape index (κ2) is 15.1. The number of nitrogens with zero attached hydrogens (tertiary/aromatic N) is 1.